The Kier molecular flexibility index (Phi) is 7.37. The number of nitrogens with one attached hydrogen (secondary N) is 1. The van der Waals surface area contributed by atoms with E-state index in [1.807, 2.05) is 30.3 Å². The molecule has 0 aromatic heterocycles. The van der Waals surface area contributed by atoms with Crippen molar-refractivity contribution in [2.75, 3.05) is 6.61 Å². The maximum atomic E-state index is 12.6. The summed E-state index contributed by atoms with van der Waals surface area (Å²) < 4.78 is 10.2. The number of carbonyl (C=O) groups is 2. The predicted octanol–water partition coefficient (Wildman–Crippen LogP) is 3.86. The van der Waals surface area contributed by atoms with Crippen LogP contribution >= 0.6 is 0 Å². The van der Waals surface area contributed by atoms with Gasteiger partial charge in [0.25, 0.3) is 11.6 Å². The number of carbonyl (C=O) groups excluding carboxylic acids is 2. The summed E-state index contributed by atoms with van der Waals surface area (Å²) >= 11 is 0. The van der Waals surface area contributed by atoms with Gasteiger partial charge >= 0.3 is 6.16 Å². The molecule has 0 heterocycles. The second-order valence-corrected chi connectivity index (χ2v) is 6.79. The summed E-state index contributed by atoms with van der Waals surface area (Å²) in [6.07, 6.45) is -0.654. The Morgan fingerprint density at radius 3 is 2.28 bits per heavy atom. The summed E-state index contributed by atoms with van der Waals surface area (Å²) in [5, 5.41) is 23.4. The van der Waals surface area contributed by atoms with Gasteiger partial charge in [-0.2, -0.15) is 0 Å². The van der Waals surface area contributed by atoms with E-state index < -0.39 is 23.0 Å². The second-order valence-electron chi connectivity index (χ2n) is 6.79. The van der Waals surface area contributed by atoms with Gasteiger partial charge < -0.3 is 19.9 Å². The number of hydrogen-bond donors (Lipinski definition) is 2. The van der Waals surface area contributed by atoms with Gasteiger partial charge in [-0.1, -0.05) is 42.5 Å². The first-order valence-corrected chi connectivity index (χ1v) is 9.64. The molecular formula is C23H20N2O7. The molecule has 3 aromatic rings. The van der Waals surface area contributed by atoms with Crippen LogP contribution in [0.1, 0.15) is 15.9 Å². The predicted molar refractivity (Wildman–Crippen MR) is 115 cm³/mol. The van der Waals surface area contributed by atoms with E-state index in [-0.39, 0.29) is 29.4 Å². The molecule has 0 saturated heterocycles. The van der Waals surface area contributed by atoms with Gasteiger partial charge in [0.05, 0.1) is 16.5 Å². The Balaban J connectivity index is 1.63. The Labute approximate surface area is 183 Å². The summed E-state index contributed by atoms with van der Waals surface area (Å²) in [4.78, 5) is 34.8. The number of aromatic hydroxyl groups is 1. The molecule has 9 heteroatoms. The van der Waals surface area contributed by atoms with Crippen LogP contribution in [0.15, 0.2) is 78.9 Å². The molecule has 0 spiro atoms. The average Bonchev–Trinajstić information content (AvgIpc) is 2.79. The molecule has 0 aliphatic rings. The van der Waals surface area contributed by atoms with Gasteiger partial charge in [-0.25, -0.2) is 4.79 Å². The molecule has 0 bridgehead atoms. The van der Waals surface area contributed by atoms with Crippen LogP contribution in [0.5, 0.6) is 11.5 Å². The zero-order valence-electron chi connectivity index (χ0n) is 16.8. The zero-order valence-corrected chi connectivity index (χ0v) is 16.8. The molecule has 1 unspecified atom stereocenters. The maximum Gasteiger partial charge on any atom is 0.513 e. The number of benzene rings is 3. The van der Waals surface area contributed by atoms with Crippen molar-refractivity contribution in [3.63, 3.8) is 0 Å². The Morgan fingerprint density at radius 1 is 0.969 bits per heavy atom. The number of phenols is 1. The lowest BCUT2D eigenvalue weighted by Crippen LogP contribution is -2.40. The van der Waals surface area contributed by atoms with Gasteiger partial charge in [-0.05, 0) is 36.2 Å². The zero-order chi connectivity index (χ0) is 22.9. The molecule has 0 aliphatic carbocycles. The highest BCUT2D eigenvalue weighted by molar-refractivity contribution is 5.96. The van der Waals surface area contributed by atoms with E-state index in [0.29, 0.717) is 6.42 Å². The highest BCUT2D eigenvalue weighted by Gasteiger charge is 2.19. The molecule has 0 saturated carbocycles. The lowest BCUT2D eigenvalue weighted by Gasteiger charge is -2.19. The number of hydrogen-bond acceptors (Lipinski definition) is 7. The van der Waals surface area contributed by atoms with Gasteiger partial charge in [-0.15, -0.1) is 0 Å². The van der Waals surface area contributed by atoms with Crippen molar-refractivity contribution in [3.8, 4) is 11.5 Å². The van der Waals surface area contributed by atoms with Crippen LogP contribution in [0.3, 0.4) is 0 Å². The van der Waals surface area contributed by atoms with E-state index in [1.54, 1.807) is 12.1 Å². The van der Waals surface area contributed by atoms with Crippen LogP contribution in [-0.2, 0) is 11.2 Å². The van der Waals surface area contributed by atoms with Crippen LogP contribution in [0, 0.1) is 10.1 Å². The van der Waals surface area contributed by atoms with Crippen LogP contribution in [-0.4, -0.2) is 34.7 Å². The maximum absolute atomic E-state index is 12.6. The van der Waals surface area contributed by atoms with Crippen molar-refractivity contribution in [1.82, 2.24) is 5.32 Å². The molecule has 164 valence electrons. The largest absolute Gasteiger partial charge is 0.513 e. The molecule has 2 N–H and O–H groups in total. The number of rotatable bonds is 8. The third kappa shape index (κ3) is 6.30. The summed E-state index contributed by atoms with van der Waals surface area (Å²) in [7, 11) is 0. The molecule has 0 aliphatic heterocycles. The molecule has 9 nitrogen and oxygen atoms in total. The first-order chi connectivity index (χ1) is 15.4. The third-order valence-corrected chi connectivity index (χ3v) is 4.46. The van der Waals surface area contributed by atoms with Gasteiger partial charge in [0.15, 0.2) is 0 Å². The number of amides is 1. The van der Waals surface area contributed by atoms with E-state index >= 15 is 0 Å². The van der Waals surface area contributed by atoms with Gasteiger partial charge in [0.1, 0.15) is 18.1 Å². The number of phenolic OH excluding ortho intramolecular Hbond substituents is 1. The molecule has 3 aromatic carbocycles. The van der Waals surface area contributed by atoms with E-state index in [9.17, 15) is 24.8 Å². The highest BCUT2D eigenvalue weighted by atomic mass is 16.7. The summed E-state index contributed by atoms with van der Waals surface area (Å²) in [6, 6.07) is 19.8. The molecule has 3 rings (SSSR count). The lowest BCUT2D eigenvalue weighted by molar-refractivity contribution is -0.384. The fourth-order valence-corrected chi connectivity index (χ4v) is 2.91. The van der Waals surface area contributed by atoms with Crippen molar-refractivity contribution in [2.45, 2.75) is 12.5 Å². The SMILES string of the molecule is O=C(OCC(Cc1ccccc1)NC(=O)c1ccccc1O)Oc1ccc([N+](=O)[O-])cc1. The lowest BCUT2D eigenvalue weighted by atomic mass is 10.1. The number of non-ortho nitro benzene ring substituents is 1. The monoisotopic (exact) mass is 436 g/mol. The van der Waals surface area contributed by atoms with E-state index in [0.717, 1.165) is 5.56 Å². The minimum absolute atomic E-state index is 0.0819. The molecule has 0 radical (unpaired) electrons. The fraction of sp³-hybridized carbons (Fsp3) is 0.130. The number of ether oxygens (including phenoxy) is 2. The first kappa shape index (κ1) is 22.3. The Hall–Kier alpha value is -4.40. The topological polar surface area (TPSA) is 128 Å². The fourth-order valence-electron chi connectivity index (χ4n) is 2.91. The molecule has 1 amide bonds. The highest BCUT2D eigenvalue weighted by Crippen LogP contribution is 2.18. The smallest absolute Gasteiger partial charge is 0.507 e. The number of nitrogens with zero attached hydrogens (tertiary/aromatic N) is 1. The number of para-hydroxylation sites is 1. The molecule has 1 atom stereocenters. The molecule has 32 heavy (non-hydrogen) atoms. The van der Waals surface area contributed by atoms with Gasteiger partial charge in [0, 0.05) is 12.1 Å². The van der Waals surface area contributed by atoms with Gasteiger partial charge in [0.2, 0.25) is 0 Å². The summed E-state index contributed by atoms with van der Waals surface area (Å²) in [5.74, 6) is -0.600. The molecule has 0 fully saturated rings. The van der Waals surface area contributed by atoms with Crippen molar-refractivity contribution in [3.05, 3.63) is 100 Å². The quantitative estimate of drug-likeness (QED) is 0.237. The number of nitro groups is 1. The summed E-state index contributed by atoms with van der Waals surface area (Å²) in [6.45, 7) is -0.194. The minimum Gasteiger partial charge on any atom is -0.507 e. The minimum atomic E-state index is -1.02. The van der Waals surface area contributed by atoms with Crippen LogP contribution in [0.25, 0.3) is 0 Å². The van der Waals surface area contributed by atoms with E-state index in [2.05, 4.69) is 5.32 Å². The Bertz CT molecular complexity index is 1090. The standard InChI is InChI=1S/C23H20N2O7/c26-21-9-5-4-8-20(21)22(27)24-17(14-16-6-2-1-3-7-16)15-31-23(28)32-19-12-10-18(11-13-19)25(29)30/h1-13,17,26H,14-15H2,(H,24,27). The van der Waals surface area contributed by atoms with E-state index in [1.165, 1.54) is 36.4 Å². The normalized spacial score (nSPS) is 11.2. The Morgan fingerprint density at radius 2 is 1.62 bits per heavy atom. The van der Waals surface area contributed by atoms with Gasteiger partial charge in [-0.3, -0.25) is 14.9 Å². The second kappa shape index (κ2) is 10.6. The average molecular weight is 436 g/mol. The summed E-state index contributed by atoms with van der Waals surface area (Å²) in [5.41, 5.74) is 0.863. The van der Waals surface area contributed by atoms with Crippen molar-refractivity contribution >= 4 is 17.7 Å². The third-order valence-electron chi connectivity index (χ3n) is 4.46. The van der Waals surface area contributed by atoms with Crippen molar-refractivity contribution in [1.29, 1.82) is 0 Å². The van der Waals surface area contributed by atoms with Crippen molar-refractivity contribution in [2.24, 2.45) is 0 Å². The van der Waals surface area contributed by atoms with Crippen LogP contribution in [0.2, 0.25) is 0 Å². The van der Waals surface area contributed by atoms with Crippen molar-refractivity contribution < 1.29 is 29.1 Å². The van der Waals surface area contributed by atoms with Crippen LogP contribution < -0.4 is 10.1 Å². The number of nitro benzene ring substituents is 1. The van der Waals surface area contributed by atoms with E-state index in [4.69, 9.17) is 9.47 Å². The first-order valence-electron chi connectivity index (χ1n) is 9.64. The van der Waals surface area contributed by atoms with Crippen LogP contribution in [0.4, 0.5) is 10.5 Å². The molecular weight excluding hydrogens is 416 g/mol.